The number of nitrogens with one attached hydrogen (secondary N) is 1. The number of ketones is 1. The Balaban J connectivity index is 2.32. The number of alkyl carbamates (subject to hydrolysis) is 1. The van der Waals surface area contributed by atoms with Gasteiger partial charge in [-0.25, -0.2) is 4.79 Å². The fourth-order valence-electron chi connectivity index (χ4n) is 2.50. The lowest BCUT2D eigenvalue weighted by molar-refractivity contribution is 0.0407. The fraction of sp³-hybridized carbons (Fsp3) is 0.350. The number of Topliss-reactive ketones (excluding diaryl/α,β-unsaturated/α-hetero) is 1. The number of carbonyl (C=O) groups is 2. The number of hydrogen-bond acceptors (Lipinski definition) is 6. The van der Waals surface area contributed by atoms with Crippen LogP contribution < -0.4 is 10.1 Å². The summed E-state index contributed by atoms with van der Waals surface area (Å²) in [7, 11) is 1.44. The summed E-state index contributed by atoms with van der Waals surface area (Å²) in [6.07, 6.45) is 0.727. The van der Waals surface area contributed by atoms with Gasteiger partial charge in [-0.15, -0.1) is 0 Å². The van der Waals surface area contributed by atoms with Crippen LogP contribution in [0.1, 0.15) is 42.7 Å². The SMILES string of the molecule is COc1ccccc1C(=O)[C@H](O)[C@@H](NC(=O)OC(C)(C)C)c1cccnc1. The van der Waals surface area contributed by atoms with E-state index in [2.05, 4.69) is 10.3 Å². The van der Waals surface area contributed by atoms with Crippen molar-refractivity contribution in [3.05, 3.63) is 59.9 Å². The zero-order chi connectivity index (χ0) is 20.0. The standard InChI is InChI=1S/C20H24N2O5/c1-20(2,3)27-19(25)22-16(13-8-7-11-21-12-13)18(24)17(23)14-9-5-6-10-15(14)26-4/h5-12,16,18,24H,1-4H3,(H,22,25)/t16-,18+/m0/s1. The van der Waals surface area contributed by atoms with Crippen molar-refractivity contribution in [1.82, 2.24) is 10.3 Å². The molecule has 0 aliphatic heterocycles. The summed E-state index contributed by atoms with van der Waals surface area (Å²) in [6.45, 7) is 5.17. The number of methoxy groups -OCH3 is 1. The summed E-state index contributed by atoms with van der Waals surface area (Å²) in [6, 6.07) is 8.85. The molecule has 144 valence electrons. The minimum atomic E-state index is -1.56. The molecule has 0 fully saturated rings. The van der Waals surface area contributed by atoms with E-state index in [0.29, 0.717) is 11.3 Å². The summed E-state index contributed by atoms with van der Waals surface area (Å²) < 4.78 is 10.4. The van der Waals surface area contributed by atoms with Crippen molar-refractivity contribution >= 4 is 11.9 Å². The van der Waals surface area contributed by atoms with E-state index in [1.165, 1.54) is 13.3 Å². The normalized spacial score (nSPS) is 13.4. The van der Waals surface area contributed by atoms with Crippen LogP contribution in [-0.2, 0) is 4.74 Å². The molecule has 0 radical (unpaired) electrons. The van der Waals surface area contributed by atoms with Crippen molar-refractivity contribution in [2.75, 3.05) is 7.11 Å². The monoisotopic (exact) mass is 372 g/mol. The van der Waals surface area contributed by atoms with E-state index in [1.807, 2.05) is 0 Å². The van der Waals surface area contributed by atoms with E-state index in [4.69, 9.17) is 9.47 Å². The van der Waals surface area contributed by atoms with Crippen LogP contribution in [0.4, 0.5) is 4.79 Å². The third kappa shape index (κ3) is 5.52. The Morgan fingerprint density at radius 2 is 1.85 bits per heavy atom. The topological polar surface area (TPSA) is 97.8 Å². The van der Waals surface area contributed by atoms with Gasteiger partial charge in [0, 0.05) is 12.4 Å². The summed E-state index contributed by atoms with van der Waals surface area (Å²) in [5, 5.41) is 13.3. The molecular weight excluding hydrogens is 348 g/mol. The van der Waals surface area contributed by atoms with Gasteiger partial charge in [-0.3, -0.25) is 9.78 Å². The van der Waals surface area contributed by atoms with Gasteiger partial charge in [0.05, 0.1) is 18.7 Å². The number of aliphatic hydroxyl groups excluding tert-OH is 1. The molecule has 2 rings (SSSR count). The van der Waals surface area contributed by atoms with Crippen molar-refractivity contribution in [1.29, 1.82) is 0 Å². The molecule has 2 aromatic rings. The van der Waals surface area contributed by atoms with Crippen LogP contribution in [0.3, 0.4) is 0 Å². The van der Waals surface area contributed by atoms with Gasteiger partial charge < -0.3 is 19.9 Å². The van der Waals surface area contributed by atoms with Gasteiger partial charge >= 0.3 is 6.09 Å². The quantitative estimate of drug-likeness (QED) is 0.757. The van der Waals surface area contributed by atoms with Gasteiger partial charge in [-0.2, -0.15) is 0 Å². The van der Waals surface area contributed by atoms with Gasteiger partial charge in [0.25, 0.3) is 0 Å². The second-order valence-corrected chi connectivity index (χ2v) is 6.92. The van der Waals surface area contributed by atoms with Crippen LogP contribution in [-0.4, -0.2) is 40.8 Å². The van der Waals surface area contributed by atoms with Crippen molar-refractivity contribution in [3.8, 4) is 5.75 Å². The summed E-state index contributed by atoms with van der Waals surface area (Å²) in [5.74, 6) is -0.249. The molecule has 0 spiro atoms. The molecule has 0 aliphatic rings. The van der Waals surface area contributed by atoms with Gasteiger partial charge in [0.2, 0.25) is 0 Å². The van der Waals surface area contributed by atoms with E-state index in [0.717, 1.165) is 0 Å². The number of nitrogens with zero attached hydrogens (tertiary/aromatic N) is 1. The Morgan fingerprint density at radius 3 is 2.44 bits per heavy atom. The average Bonchev–Trinajstić information content (AvgIpc) is 2.64. The maximum Gasteiger partial charge on any atom is 0.408 e. The van der Waals surface area contributed by atoms with Gasteiger partial charge in [0.15, 0.2) is 5.78 Å². The molecule has 2 atom stereocenters. The van der Waals surface area contributed by atoms with E-state index in [-0.39, 0.29) is 5.56 Å². The number of ether oxygens (including phenoxy) is 2. The van der Waals surface area contributed by atoms with Crippen molar-refractivity contribution in [2.24, 2.45) is 0 Å². The fourth-order valence-corrected chi connectivity index (χ4v) is 2.50. The third-order valence-corrected chi connectivity index (χ3v) is 3.67. The molecule has 0 bridgehead atoms. The highest BCUT2D eigenvalue weighted by Gasteiger charge is 2.32. The highest BCUT2D eigenvalue weighted by Crippen LogP contribution is 2.25. The van der Waals surface area contributed by atoms with Crippen molar-refractivity contribution in [2.45, 2.75) is 38.5 Å². The molecule has 1 heterocycles. The first kappa shape index (κ1) is 20.4. The third-order valence-electron chi connectivity index (χ3n) is 3.67. The molecule has 7 nitrogen and oxygen atoms in total. The molecule has 7 heteroatoms. The van der Waals surface area contributed by atoms with Crippen LogP contribution in [0, 0.1) is 0 Å². The largest absolute Gasteiger partial charge is 0.496 e. The highest BCUT2D eigenvalue weighted by molar-refractivity contribution is 6.02. The number of aliphatic hydroxyl groups is 1. The Morgan fingerprint density at radius 1 is 1.15 bits per heavy atom. The highest BCUT2D eigenvalue weighted by atomic mass is 16.6. The Labute approximate surface area is 158 Å². The zero-order valence-electron chi connectivity index (χ0n) is 15.8. The molecule has 0 aliphatic carbocycles. The number of amides is 1. The van der Waals surface area contributed by atoms with E-state index >= 15 is 0 Å². The number of rotatable bonds is 6. The Kier molecular flexibility index (Phi) is 6.52. The lowest BCUT2D eigenvalue weighted by Crippen LogP contribution is -2.42. The maximum atomic E-state index is 12.9. The molecule has 2 N–H and O–H groups in total. The minimum absolute atomic E-state index is 0.215. The first-order valence-corrected chi connectivity index (χ1v) is 8.47. The summed E-state index contributed by atoms with van der Waals surface area (Å²) >= 11 is 0. The zero-order valence-corrected chi connectivity index (χ0v) is 15.8. The molecule has 1 aromatic carbocycles. The van der Waals surface area contributed by atoms with Crippen molar-refractivity contribution < 1.29 is 24.2 Å². The molecule has 0 saturated heterocycles. The number of aromatic nitrogens is 1. The van der Waals surface area contributed by atoms with Crippen LogP contribution in [0.5, 0.6) is 5.75 Å². The molecule has 0 unspecified atom stereocenters. The lowest BCUT2D eigenvalue weighted by Gasteiger charge is -2.26. The van der Waals surface area contributed by atoms with Crippen molar-refractivity contribution in [3.63, 3.8) is 0 Å². The Hall–Kier alpha value is -2.93. The molecular formula is C20H24N2O5. The van der Waals surface area contributed by atoms with E-state index in [1.54, 1.807) is 63.4 Å². The molecule has 27 heavy (non-hydrogen) atoms. The summed E-state index contributed by atoms with van der Waals surface area (Å²) in [4.78, 5) is 29.1. The smallest absolute Gasteiger partial charge is 0.408 e. The van der Waals surface area contributed by atoms with Gasteiger partial charge in [-0.05, 0) is 44.5 Å². The predicted octanol–water partition coefficient (Wildman–Crippen LogP) is 2.90. The second-order valence-electron chi connectivity index (χ2n) is 6.92. The van der Waals surface area contributed by atoms with Crippen LogP contribution >= 0.6 is 0 Å². The van der Waals surface area contributed by atoms with Crippen LogP contribution in [0.25, 0.3) is 0 Å². The first-order valence-electron chi connectivity index (χ1n) is 8.47. The number of carbonyl (C=O) groups excluding carboxylic acids is 2. The first-order chi connectivity index (χ1) is 12.7. The number of hydrogen-bond donors (Lipinski definition) is 2. The number of benzene rings is 1. The second kappa shape index (κ2) is 8.64. The van der Waals surface area contributed by atoms with Crippen LogP contribution in [0.2, 0.25) is 0 Å². The van der Waals surface area contributed by atoms with Gasteiger partial charge in [0.1, 0.15) is 17.5 Å². The minimum Gasteiger partial charge on any atom is -0.496 e. The Bertz CT molecular complexity index is 786. The van der Waals surface area contributed by atoms with Crippen LogP contribution in [0.15, 0.2) is 48.8 Å². The average molecular weight is 372 g/mol. The lowest BCUT2D eigenvalue weighted by atomic mass is 9.95. The summed E-state index contributed by atoms with van der Waals surface area (Å²) in [5.41, 5.74) is -0.0345. The number of pyridine rings is 1. The molecule has 0 saturated carbocycles. The molecule has 1 amide bonds. The predicted molar refractivity (Wildman–Crippen MR) is 99.7 cm³/mol. The molecule has 1 aromatic heterocycles. The van der Waals surface area contributed by atoms with E-state index in [9.17, 15) is 14.7 Å². The van der Waals surface area contributed by atoms with E-state index < -0.39 is 29.6 Å². The maximum absolute atomic E-state index is 12.9. The van der Waals surface area contributed by atoms with Gasteiger partial charge in [-0.1, -0.05) is 18.2 Å². The number of para-hydroxylation sites is 1.